The van der Waals surface area contributed by atoms with E-state index in [1.807, 2.05) is 20.9 Å². The summed E-state index contributed by atoms with van der Waals surface area (Å²) in [6.07, 6.45) is 8.70. The summed E-state index contributed by atoms with van der Waals surface area (Å²) in [4.78, 5) is 18.5. The molecule has 2 fully saturated rings. The van der Waals surface area contributed by atoms with Crippen LogP contribution < -0.4 is 10.6 Å². The minimum absolute atomic E-state index is 0.100. The first-order valence-corrected chi connectivity index (χ1v) is 8.80. The van der Waals surface area contributed by atoms with E-state index >= 15 is 0 Å². The molecular formula is C17H32N4O. The monoisotopic (exact) mass is 308 g/mol. The van der Waals surface area contributed by atoms with Gasteiger partial charge in [0.2, 0.25) is 5.91 Å². The van der Waals surface area contributed by atoms with Crippen molar-refractivity contribution in [1.82, 2.24) is 15.5 Å². The maximum Gasteiger partial charge on any atom is 0.221 e. The fraction of sp³-hybridized carbons (Fsp3) is 0.882. The van der Waals surface area contributed by atoms with E-state index in [0.29, 0.717) is 18.4 Å². The van der Waals surface area contributed by atoms with Gasteiger partial charge in [0, 0.05) is 39.1 Å². The lowest BCUT2D eigenvalue weighted by atomic mass is 9.73. The number of likely N-dealkylation sites (tertiary alicyclic amines) is 1. The number of carbonyl (C=O) groups is 1. The molecule has 1 spiro atoms. The number of nitrogens with zero attached hydrogens (tertiary/aromatic N) is 2. The molecule has 1 heterocycles. The molecule has 1 amide bonds. The molecule has 0 bridgehead atoms. The van der Waals surface area contributed by atoms with Gasteiger partial charge in [0.15, 0.2) is 5.96 Å². The highest BCUT2D eigenvalue weighted by molar-refractivity contribution is 5.81. The van der Waals surface area contributed by atoms with Gasteiger partial charge in [-0.25, -0.2) is 0 Å². The third-order valence-electron chi connectivity index (χ3n) is 4.95. The highest BCUT2D eigenvalue weighted by Crippen LogP contribution is 2.43. The second-order valence-electron chi connectivity index (χ2n) is 7.18. The van der Waals surface area contributed by atoms with E-state index in [1.54, 1.807) is 0 Å². The lowest BCUT2D eigenvalue weighted by Crippen LogP contribution is -2.43. The molecule has 2 rings (SSSR count). The number of hydrogen-bond acceptors (Lipinski definition) is 2. The van der Waals surface area contributed by atoms with Crippen LogP contribution in [0.5, 0.6) is 0 Å². The zero-order valence-electron chi connectivity index (χ0n) is 14.5. The van der Waals surface area contributed by atoms with Crippen molar-refractivity contribution in [2.75, 3.05) is 26.7 Å². The van der Waals surface area contributed by atoms with Crippen LogP contribution in [0, 0.1) is 5.41 Å². The molecule has 1 aliphatic carbocycles. The molecular weight excluding hydrogens is 276 g/mol. The summed E-state index contributed by atoms with van der Waals surface area (Å²) in [6, 6.07) is 0.205. The standard InChI is InChI=1S/C17H32N4O/c1-14(2)20-15(22)7-11-19-16(18-3)21-12-10-17(13-21)8-5-4-6-9-17/h14H,4-13H2,1-3H3,(H,18,19)(H,20,22). The molecule has 22 heavy (non-hydrogen) atoms. The van der Waals surface area contributed by atoms with Crippen molar-refractivity contribution in [2.45, 2.75) is 64.8 Å². The topological polar surface area (TPSA) is 56.7 Å². The van der Waals surface area contributed by atoms with Crippen molar-refractivity contribution >= 4 is 11.9 Å². The molecule has 0 radical (unpaired) electrons. The summed E-state index contributed by atoms with van der Waals surface area (Å²) < 4.78 is 0. The van der Waals surface area contributed by atoms with E-state index in [4.69, 9.17) is 0 Å². The summed E-state index contributed by atoms with van der Waals surface area (Å²) in [5.41, 5.74) is 0.533. The number of amides is 1. The zero-order chi connectivity index (χ0) is 16.0. The van der Waals surface area contributed by atoms with Crippen LogP contribution in [0.15, 0.2) is 4.99 Å². The van der Waals surface area contributed by atoms with Crippen molar-refractivity contribution in [3.63, 3.8) is 0 Å². The molecule has 5 nitrogen and oxygen atoms in total. The van der Waals surface area contributed by atoms with Crippen molar-refractivity contribution in [1.29, 1.82) is 0 Å². The summed E-state index contributed by atoms with van der Waals surface area (Å²) in [6.45, 7) is 6.84. The number of hydrogen-bond donors (Lipinski definition) is 2. The molecule has 126 valence electrons. The molecule has 2 N–H and O–H groups in total. The molecule has 1 aliphatic heterocycles. The zero-order valence-corrected chi connectivity index (χ0v) is 14.5. The Bertz CT molecular complexity index is 399. The quantitative estimate of drug-likeness (QED) is 0.618. The fourth-order valence-electron chi connectivity index (χ4n) is 3.84. The fourth-order valence-corrected chi connectivity index (χ4v) is 3.84. The predicted octanol–water partition coefficient (Wildman–Crippen LogP) is 2.13. The van der Waals surface area contributed by atoms with Gasteiger partial charge in [-0.05, 0) is 38.5 Å². The molecule has 0 aromatic heterocycles. The van der Waals surface area contributed by atoms with E-state index in [0.717, 1.165) is 19.0 Å². The van der Waals surface area contributed by atoms with Crippen molar-refractivity contribution in [3.8, 4) is 0 Å². The van der Waals surface area contributed by atoms with Crippen LogP contribution in [-0.4, -0.2) is 49.5 Å². The summed E-state index contributed by atoms with van der Waals surface area (Å²) in [5.74, 6) is 1.06. The van der Waals surface area contributed by atoms with E-state index in [1.165, 1.54) is 38.5 Å². The van der Waals surface area contributed by atoms with Gasteiger partial charge < -0.3 is 15.5 Å². The van der Waals surface area contributed by atoms with Crippen molar-refractivity contribution < 1.29 is 4.79 Å². The van der Waals surface area contributed by atoms with Crippen LogP contribution in [0.1, 0.15) is 58.8 Å². The average Bonchev–Trinajstić information content (AvgIpc) is 2.87. The lowest BCUT2D eigenvalue weighted by molar-refractivity contribution is -0.121. The first-order valence-electron chi connectivity index (χ1n) is 8.80. The third kappa shape index (κ3) is 4.62. The van der Waals surface area contributed by atoms with Crippen LogP contribution >= 0.6 is 0 Å². The smallest absolute Gasteiger partial charge is 0.221 e. The molecule has 5 heteroatoms. The largest absolute Gasteiger partial charge is 0.356 e. The minimum Gasteiger partial charge on any atom is -0.356 e. The van der Waals surface area contributed by atoms with Gasteiger partial charge in [0.05, 0.1) is 0 Å². The van der Waals surface area contributed by atoms with Crippen molar-refractivity contribution in [3.05, 3.63) is 0 Å². The Morgan fingerprint density at radius 2 is 1.95 bits per heavy atom. The molecule has 0 aromatic carbocycles. The average molecular weight is 308 g/mol. The van der Waals surface area contributed by atoms with Gasteiger partial charge in [-0.15, -0.1) is 0 Å². The van der Waals surface area contributed by atoms with Crippen LogP contribution in [0.4, 0.5) is 0 Å². The Morgan fingerprint density at radius 3 is 2.59 bits per heavy atom. The Hall–Kier alpha value is -1.26. The SMILES string of the molecule is CN=C(NCCC(=O)NC(C)C)N1CCC2(CCCCC2)C1. The minimum atomic E-state index is 0.100. The maximum absolute atomic E-state index is 11.7. The maximum atomic E-state index is 11.7. The summed E-state index contributed by atoms with van der Waals surface area (Å²) in [7, 11) is 1.84. The number of guanidine groups is 1. The Balaban J connectivity index is 1.77. The van der Waals surface area contributed by atoms with Crippen LogP contribution in [0.3, 0.4) is 0 Å². The molecule has 0 unspecified atom stereocenters. The van der Waals surface area contributed by atoms with E-state index in [9.17, 15) is 4.79 Å². The molecule has 0 atom stereocenters. The number of aliphatic imine (C=N–C) groups is 1. The first-order chi connectivity index (χ1) is 10.5. The van der Waals surface area contributed by atoms with Gasteiger partial charge in [-0.1, -0.05) is 19.3 Å². The van der Waals surface area contributed by atoms with Gasteiger partial charge in [0.25, 0.3) is 0 Å². The molecule has 1 saturated carbocycles. The van der Waals surface area contributed by atoms with Gasteiger partial charge >= 0.3 is 0 Å². The Morgan fingerprint density at radius 1 is 1.23 bits per heavy atom. The Kier molecular flexibility index (Phi) is 6.09. The van der Waals surface area contributed by atoms with Crippen molar-refractivity contribution in [2.24, 2.45) is 10.4 Å². The van der Waals surface area contributed by atoms with Gasteiger partial charge in [-0.2, -0.15) is 0 Å². The third-order valence-corrected chi connectivity index (χ3v) is 4.95. The van der Waals surface area contributed by atoms with Gasteiger partial charge in [-0.3, -0.25) is 9.79 Å². The Labute approximate surface area is 134 Å². The summed E-state index contributed by atoms with van der Waals surface area (Å²) >= 11 is 0. The highest BCUT2D eigenvalue weighted by atomic mass is 16.1. The van der Waals surface area contributed by atoms with E-state index in [-0.39, 0.29) is 11.9 Å². The second kappa shape index (κ2) is 7.84. The lowest BCUT2D eigenvalue weighted by Gasteiger charge is -2.33. The van der Waals surface area contributed by atoms with Crippen LogP contribution in [0.2, 0.25) is 0 Å². The highest BCUT2D eigenvalue weighted by Gasteiger charge is 2.39. The normalized spacial score (nSPS) is 21.5. The van der Waals surface area contributed by atoms with E-state index in [2.05, 4.69) is 20.5 Å². The summed E-state index contributed by atoms with van der Waals surface area (Å²) in [5, 5.41) is 6.27. The number of carbonyl (C=O) groups excluding carboxylic acids is 1. The first kappa shape index (κ1) is 17.1. The predicted molar refractivity (Wildman–Crippen MR) is 91.0 cm³/mol. The van der Waals surface area contributed by atoms with Gasteiger partial charge in [0.1, 0.15) is 0 Å². The number of rotatable bonds is 4. The van der Waals surface area contributed by atoms with Crippen LogP contribution in [-0.2, 0) is 4.79 Å². The van der Waals surface area contributed by atoms with Crippen LogP contribution in [0.25, 0.3) is 0 Å². The molecule has 2 aliphatic rings. The second-order valence-corrected chi connectivity index (χ2v) is 7.18. The number of nitrogens with one attached hydrogen (secondary N) is 2. The molecule has 0 aromatic rings. The van der Waals surface area contributed by atoms with E-state index < -0.39 is 0 Å². The molecule has 1 saturated heterocycles.